The van der Waals surface area contributed by atoms with Gasteiger partial charge in [-0.1, -0.05) is 14.9 Å². The molecule has 0 saturated heterocycles. The second kappa shape index (κ2) is 29.2. The zero-order valence-corrected chi connectivity index (χ0v) is 9.53. The molecule has 2 amide bonds. The Hall–Kier alpha value is -1.92. The van der Waals surface area contributed by atoms with Gasteiger partial charge in [0.15, 0.2) is 0 Å². The Bertz CT molecular complexity index is 196. The van der Waals surface area contributed by atoms with Crippen LogP contribution in [0.25, 0.3) is 0 Å². The number of amides is 2. The Labute approximate surface area is 104 Å². The van der Waals surface area contributed by atoms with E-state index in [0.29, 0.717) is 0 Å². The number of carbonyl (C=O) groups is 2. The van der Waals surface area contributed by atoms with Crippen molar-refractivity contribution in [1.82, 2.24) is 10.7 Å². The molecule has 0 aromatic rings. The van der Waals surface area contributed by atoms with Gasteiger partial charge in [0.1, 0.15) is 7.11 Å². The van der Waals surface area contributed by atoms with Crippen molar-refractivity contribution in [3.05, 3.63) is 0 Å². The quantitative estimate of drug-likeness (QED) is 0.566. The highest BCUT2D eigenvalue weighted by atomic mass is 16.6. The molecule has 0 bridgehead atoms. The van der Waals surface area contributed by atoms with Gasteiger partial charge < -0.3 is 10.2 Å². The summed E-state index contributed by atoms with van der Waals surface area (Å²) in [5.41, 5.74) is 2.08. The minimum absolute atomic E-state index is 0. The fraction of sp³-hybridized carbons (Fsp3) is 0.600. The first-order chi connectivity index (χ1) is 6.95. The lowest BCUT2D eigenvalue weighted by molar-refractivity contribution is -0.119. The number of oxime groups is 1. The lowest BCUT2D eigenvalue weighted by Crippen LogP contribution is -2.11. The molecule has 0 atom stereocenters. The van der Waals surface area contributed by atoms with Crippen LogP contribution < -0.4 is 10.7 Å². The molecule has 2 N–H and O–H groups in total. The van der Waals surface area contributed by atoms with Gasteiger partial charge in [-0.05, 0) is 0 Å². The number of nitrogens with zero attached hydrogens (tertiary/aromatic N) is 2. The SMILES string of the molecule is C.C.C=NNC(C)=O.C=NOC.CNC(C)=O. The van der Waals surface area contributed by atoms with E-state index in [1.807, 2.05) is 0 Å². The molecule has 7 nitrogen and oxygen atoms in total. The van der Waals surface area contributed by atoms with Crippen LogP contribution in [0.5, 0.6) is 0 Å². The molecule has 0 heterocycles. The molecule has 7 heteroatoms. The van der Waals surface area contributed by atoms with Crippen LogP contribution in [-0.4, -0.2) is 39.4 Å². The van der Waals surface area contributed by atoms with Gasteiger partial charge in [0.2, 0.25) is 11.8 Å². The molecule has 17 heavy (non-hydrogen) atoms. The van der Waals surface area contributed by atoms with Crippen LogP contribution in [0.3, 0.4) is 0 Å². The van der Waals surface area contributed by atoms with E-state index in [1.54, 1.807) is 7.05 Å². The number of hydrogen-bond acceptors (Lipinski definition) is 5. The number of hydrogen-bond donors (Lipinski definition) is 2. The van der Waals surface area contributed by atoms with E-state index in [4.69, 9.17) is 0 Å². The molecule has 0 aliphatic rings. The van der Waals surface area contributed by atoms with Crippen LogP contribution in [0.2, 0.25) is 0 Å². The topological polar surface area (TPSA) is 92.2 Å². The molecular weight excluding hydrogens is 224 g/mol. The minimum Gasteiger partial charge on any atom is -0.400 e. The van der Waals surface area contributed by atoms with Gasteiger partial charge in [-0.25, -0.2) is 5.43 Å². The Morgan fingerprint density at radius 3 is 1.41 bits per heavy atom. The van der Waals surface area contributed by atoms with Gasteiger partial charge in [0, 0.05) is 34.3 Å². The highest BCUT2D eigenvalue weighted by Crippen LogP contribution is 1.53. The summed E-state index contributed by atoms with van der Waals surface area (Å²) in [4.78, 5) is 23.6. The molecular formula is C10H26N4O3. The average Bonchev–Trinajstić information content (AvgIpc) is 2.19. The maximum atomic E-state index is 9.80. The molecule has 0 aliphatic heterocycles. The van der Waals surface area contributed by atoms with Crippen LogP contribution >= 0.6 is 0 Å². The molecule has 0 spiro atoms. The predicted octanol–water partition coefficient (Wildman–Crippen LogP) is 1.01. The predicted molar refractivity (Wildman–Crippen MR) is 73.1 cm³/mol. The summed E-state index contributed by atoms with van der Waals surface area (Å²) in [5.74, 6) is -0.185. The molecule has 0 radical (unpaired) electrons. The largest absolute Gasteiger partial charge is 0.400 e. The summed E-state index contributed by atoms with van der Waals surface area (Å²) in [6.07, 6.45) is 0. The maximum Gasteiger partial charge on any atom is 0.236 e. The zero-order valence-electron chi connectivity index (χ0n) is 9.53. The second-order valence-electron chi connectivity index (χ2n) is 1.94. The fourth-order valence-electron chi connectivity index (χ4n) is 0.111. The third kappa shape index (κ3) is 123. The Kier molecular flexibility index (Phi) is 50.6. The second-order valence-corrected chi connectivity index (χ2v) is 1.94. The third-order valence-corrected chi connectivity index (χ3v) is 0.718. The van der Waals surface area contributed by atoms with E-state index < -0.39 is 0 Å². The van der Waals surface area contributed by atoms with Crippen LogP contribution in [-0.2, 0) is 14.4 Å². The van der Waals surface area contributed by atoms with Crippen molar-refractivity contribution in [3.8, 4) is 0 Å². The normalized spacial score (nSPS) is 5.65. The standard InChI is InChI=1S/C3H6N2O.C3H7NO.C2H5NO.2CH4/c1-3(6)5-4-2;1-3(5)4-2;1-3-4-2;;/h2H2,1H3,(H,5,6);1-2H3,(H,4,5);1H2,2H3;2*1H4. The number of carbonyl (C=O) groups excluding carboxylic acids is 2. The smallest absolute Gasteiger partial charge is 0.236 e. The minimum atomic E-state index is -0.190. The lowest BCUT2D eigenvalue weighted by atomic mass is 10.7. The first kappa shape index (κ1) is 29.4. The summed E-state index contributed by atoms with van der Waals surface area (Å²) in [5, 5.41) is 8.46. The van der Waals surface area contributed by atoms with Gasteiger partial charge in [-0.15, -0.1) is 5.16 Å². The van der Waals surface area contributed by atoms with E-state index in [2.05, 4.69) is 39.3 Å². The Morgan fingerprint density at radius 1 is 1.12 bits per heavy atom. The van der Waals surface area contributed by atoms with Crippen molar-refractivity contribution in [1.29, 1.82) is 0 Å². The Morgan fingerprint density at radius 2 is 1.41 bits per heavy atom. The van der Waals surface area contributed by atoms with Crippen molar-refractivity contribution in [2.45, 2.75) is 28.7 Å². The van der Waals surface area contributed by atoms with Gasteiger partial charge >= 0.3 is 0 Å². The Balaban J connectivity index is -0.0000000407. The molecule has 0 saturated carbocycles. The lowest BCUT2D eigenvalue weighted by Gasteiger charge is -1.82. The number of hydrazone groups is 1. The molecule has 0 aromatic heterocycles. The molecule has 0 unspecified atom stereocenters. The summed E-state index contributed by atoms with van der Waals surface area (Å²) in [6.45, 7) is 8.87. The molecule has 0 rings (SSSR count). The van der Waals surface area contributed by atoms with Crippen LogP contribution in [0.1, 0.15) is 28.7 Å². The van der Waals surface area contributed by atoms with Crippen molar-refractivity contribution in [2.75, 3.05) is 14.2 Å². The molecule has 0 aromatic carbocycles. The van der Waals surface area contributed by atoms with E-state index in [-0.39, 0.29) is 26.7 Å². The number of nitrogens with one attached hydrogen (secondary N) is 2. The van der Waals surface area contributed by atoms with Gasteiger partial charge in [-0.3, -0.25) is 9.59 Å². The first-order valence-electron chi connectivity index (χ1n) is 3.86. The van der Waals surface area contributed by atoms with Gasteiger partial charge in [0.05, 0.1) is 0 Å². The number of rotatable bonds is 2. The van der Waals surface area contributed by atoms with Crippen molar-refractivity contribution < 1.29 is 14.4 Å². The van der Waals surface area contributed by atoms with Crippen molar-refractivity contribution in [3.63, 3.8) is 0 Å². The molecule has 104 valence electrons. The highest BCUT2D eigenvalue weighted by Gasteiger charge is 1.77. The fourth-order valence-corrected chi connectivity index (χ4v) is 0.111. The van der Waals surface area contributed by atoms with E-state index in [9.17, 15) is 9.59 Å². The average molecular weight is 250 g/mol. The van der Waals surface area contributed by atoms with E-state index in [0.717, 1.165) is 0 Å². The zero-order chi connectivity index (χ0) is 12.7. The van der Waals surface area contributed by atoms with E-state index >= 15 is 0 Å². The summed E-state index contributed by atoms with van der Waals surface area (Å²) >= 11 is 0. The van der Waals surface area contributed by atoms with Crippen LogP contribution in [0.15, 0.2) is 10.3 Å². The van der Waals surface area contributed by atoms with Gasteiger partial charge in [-0.2, -0.15) is 5.10 Å². The van der Waals surface area contributed by atoms with Crippen molar-refractivity contribution in [2.24, 2.45) is 10.3 Å². The maximum absolute atomic E-state index is 9.80. The van der Waals surface area contributed by atoms with Gasteiger partial charge in [0.25, 0.3) is 0 Å². The third-order valence-electron chi connectivity index (χ3n) is 0.718. The summed E-state index contributed by atoms with van der Waals surface area (Å²) in [7, 11) is 3.05. The summed E-state index contributed by atoms with van der Waals surface area (Å²) in [6, 6.07) is 0. The van der Waals surface area contributed by atoms with E-state index in [1.165, 1.54) is 21.0 Å². The summed E-state index contributed by atoms with van der Waals surface area (Å²) < 4.78 is 0. The highest BCUT2D eigenvalue weighted by molar-refractivity contribution is 5.72. The molecule has 0 fully saturated rings. The first-order valence-corrected chi connectivity index (χ1v) is 3.86. The van der Waals surface area contributed by atoms with Crippen LogP contribution in [0, 0.1) is 0 Å². The monoisotopic (exact) mass is 250 g/mol. The van der Waals surface area contributed by atoms with Crippen LogP contribution in [0.4, 0.5) is 0 Å². The van der Waals surface area contributed by atoms with Crippen molar-refractivity contribution >= 4 is 25.2 Å². The molecule has 0 aliphatic carbocycles.